The summed E-state index contributed by atoms with van der Waals surface area (Å²) in [6, 6.07) is -0.0117. The van der Waals surface area contributed by atoms with Gasteiger partial charge in [-0.3, -0.25) is 14.7 Å². The van der Waals surface area contributed by atoms with Crippen molar-refractivity contribution < 1.29 is 9.90 Å². The molecule has 6 heteroatoms. The van der Waals surface area contributed by atoms with Gasteiger partial charge >= 0.3 is 5.97 Å². The van der Waals surface area contributed by atoms with Gasteiger partial charge < -0.3 is 5.11 Å². The summed E-state index contributed by atoms with van der Waals surface area (Å²) in [7, 11) is 0. The van der Waals surface area contributed by atoms with Crippen LogP contribution in [-0.2, 0) is 4.79 Å². The predicted molar refractivity (Wildman–Crippen MR) is 57.8 cm³/mol. The number of aliphatic carboxylic acids is 1. The van der Waals surface area contributed by atoms with E-state index >= 15 is 0 Å². The molecule has 0 radical (unpaired) electrons. The van der Waals surface area contributed by atoms with Crippen LogP contribution in [0.4, 0.5) is 0 Å². The monoisotopic (exact) mass is 227 g/mol. The Morgan fingerprint density at radius 2 is 1.88 bits per heavy atom. The first kappa shape index (κ1) is 11.3. The summed E-state index contributed by atoms with van der Waals surface area (Å²) in [6.07, 6.45) is 3.40. The Kier molecular flexibility index (Phi) is 3.38. The second-order valence-electron chi connectivity index (χ2n) is 4.50. The minimum atomic E-state index is -0.714. The predicted octanol–water partition coefficient (Wildman–Crippen LogP) is 0.681. The van der Waals surface area contributed by atoms with Crippen molar-refractivity contribution in [2.75, 3.05) is 19.6 Å². The fourth-order valence-electron chi connectivity index (χ4n) is 2.76. The van der Waals surface area contributed by atoms with Gasteiger partial charge in [-0.15, -0.1) is 4.91 Å². The first-order valence-corrected chi connectivity index (χ1v) is 5.79. The van der Waals surface area contributed by atoms with Crippen LogP contribution in [0, 0.1) is 4.91 Å². The molecule has 0 aromatic rings. The number of nitrogens with zero attached hydrogens (tertiary/aromatic N) is 3. The van der Waals surface area contributed by atoms with E-state index in [1.165, 1.54) is 5.01 Å². The van der Waals surface area contributed by atoms with Gasteiger partial charge in [-0.1, -0.05) is 0 Å². The maximum atomic E-state index is 11.1. The number of piperidine rings is 1. The molecule has 0 aliphatic carbocycles. The second kappa shape index (κ2) is 4.78. The number of hydrogen-bond donors (Lipinski definition) is 1. The molecule has 6 nitrogen and oxygen atoms in total. The molecule has 16 heavy (non-hydrogen) atoms. The third kappa shape index (κ3) is 2.16. The number of rotatable bonds is 3. The Bertz CT molecular complexity index is 276. The molecule has 90 valence electrons. The lowest BCUT2D eigenvalue weighted by Crippen LogP contribution is -2.47. The Balaban J connectivity index is 1.93. The lowest BCUT2D eigenvalue weighted by Gasteiger charge is -2.36. The Morgan fingerprint density at radius 1 is 1.19 bits per heavy atom. The minimum Gasteiger partial charge on any atom is -0.480 e. The lowest BCUT2D eigenvalue weighted by atomic mass is 10.0. The van der Waals surface area contributed by atoms with Gasteiger partial charge in [0.05, 0.1) is 5.29 Å². The number of nitroso groups, excluding NO2 is 1. The maximum absolute atomic E-state index is 11.1. The van der Waals surface area contributed by atoms with Crippen LogP contribution < -0.4 is 0 Å². The summed E-state index contributed by atoms with van der Waals surface area (Å²) in [5.74, 6) is -0.714. The van der Waals surface area contributed by atoms with Crippen molar-refractivity contribution in [1.82, 2.24) is 9.91 Å². The summed E-state index contributed by atoms with van der Waals surface area (Å²) in [4.78, 5) is 23.5. The zero-order valence-electron chi connectivity index (χ0n) is 9.21. The van der Waals surface area contributed by atoms with E-state index in [9.17, 15) is 9.70 Å². The summed E-state index contributed by atoms with van der Waals surface area (Å²) in [5, 5.41) is 13.5. The van der Waals surface area contributed by atoms with Gasteiger partial charge in [-0.05, 0) is 32.2 Å². The molecule has 1 atom stereocenters. The van der Waals surface area contributed by atoms with Crippen molar-refractivity contribution >= 4 is 5.97 Å². The van der Waals surface area contributed by atoms with E-state index in [0.717, 1.165) is 32.2 Å². The third-order valence-electron chi connectivity index (χ3n) is 3.60. The highest BCUT2D eigenvalue weighted by molar-refractivity contribution is 5.73. The van der Waals surface area contributed by atoms with Gasteiger partial charge in [0.15, 0.2) is 0 Å². The van der Waals surface area contributed by atoms with Crippen molar-refractivity contribution in [2.24, 2.45) is 5.29 Å². The number of carboxylic acid groups (broad SMARTS) is 1. The van der Waals surface area contributed by atoms with E-state index in [4.69, 9.17) is 5.11 Å². The molecule has 0 bridgehead atoms. The molecule has 1 N–H and O–H groups in total. The molecule has 2 rings (SSSR count). The van der Waals surface area contributed by atoms with Crippen LogP contribution in [-0.4, -0.2) is 52.7 Å². The van der Waals surface area contributed by atoms with Crippen LogP contribution in [0.15, 0.2) is 5.29 Å². The molecule has 0 aromatic carbocycles. The molecule has 0 spiro atoms. The molecule has 2 saturated heterocycles. The molecule has 1 unspecified atom stereocenters. The van der Waals surface area contributed by atoms with E-state index in [1.54, 1.807) is 0 Å². The van der Waals surface area contributed by atoms with Crippen molar-refractivity contribution in [3.05, 3.63) is 4.91 Å². The zero-order chi connectivity index (χ0) is 11.5. The average Bonchev–Trinajstić information content (AvgIpc) is 2.78. The van der Waals surface area contributed by atoms with Crippen LogP contribution >= 0.6 is 0 Å². The molecular weight excluding hydrogens is 210 g/mol. The van der Waals surface area contributed by atoms with E-state index in [-0.39, 0.29) is 6.04 Å². The molecule has 2 aliphatic rings. The number of carboxylic acids is 1. The first-order valence-electron chi connectivity index (χ1n) is 5.79. The molecule has 0 aromatic heterocycles. The average molecular weight is 227 g/mol. The Hall–Kier alpha value is -1.17. The van der Waals surface area contributed by atoms with E-state index in [0.29, 0.717) is 19.1 Å². The maximum Gasteiger partial charge on any atom is 0.320 e. The normalized spacial score (nSPS) is 28.2. The van der Waals surface area contributed by atoms with E-state index < -0.39 is 5.97 Å². The van der Waals surface area contributed by atoms with Crippen molar-refractivity contribution in [1.29, 1.82) is 0 Å². The van der Waals surface area contributed by atoms with Gasteiger partial charge in [-0.2, -0.15) is 0 Å². The van der Waals surface area contributed by atoms with Crippen LogP contribution in [0.5, 0.6) is 0 Å². The molecular formula is C10H17N3O3. The van der Waals surface area contributed by atoms with E-state index in [1.807, 2.05) is 0 Å². The SMILES string of the molecule is O=NN1CCC(N2CCCC2C(=O)O)CC1. The second-order valence-corrected chi connectivity index (χ2v) is 4.50. The van der Waals surface area contributed by atoms with E-state index in [2.05, 4.69) is 10.2 Å². The van der Waals surface area contributed by atoms with Crippen LogP contribution in [0.25, 0.3) is 0 Å². The summed E-state index contributed by atoms with van der Waals surface area (Å²) >= 11 is 0. The minimum absolute atomic E-state index is 0.307. The van der Waals surface area contributed by atoms with Crippen molar-refractivity contribution in [3.8, 4) is 0 Å². The topological polar surface area (TPSA) is 73.2 Å². The number of hydrogen-bond acceptors (Lipinski definition) is 4. The quantitative estimate of drug-likeness (QED) is 0.718. The highest BCUT2D eigenvalue weighted by Gasteiger charge is 2.36. The number of likely N-dealkylation sites (tertiary alicyclic amines) is 1. The number of carbonyl (C=O) groups is 1. The van der Waals surface area contributed by atoms with Crippen LogP contribution in [0.2, 0.25) is 0 Å². The standard InChI is InChI=1S/C10H17N3O3/c14-10(15)9-2-1-5-13(9)8-3-6-12(11-16)7-4-8/h8-9H,1-7H2,(H,14,15). The van der Waals surface area contributed by atoms with Crippen molar-refractivity contribution in [2.45, 2.75) is 37.8 Å². The Morgan fingerprint density at radius 3 is 2.44 bits per heavy atom. The van der Waals surface area contributed by atoms with Gasteiger partial charge in [0.1, 0.15) is 6.04 Å². The lowest BCUT2D eigenvalue weighted by molar-refractivity contribution is -0.143. The van der Waals surface area contributed by atoms with Crippen LogP contribution in [0.1, 0.15) is 25.7 Å². The summed E-state index contributed by atoms with van der Waals surface area (Å²) in [6.45, 7) is 2.17. The first-order chi connectivity index (χ1) is 7.72. The van der Waals surface area contributed by atoms with Gasteiger partial charge in [0, 0.05) is 19.1 Å². The van der Waals surface area contributed by atoms with Crippen molar-refractivity contribution in [3.63, 3.8) is 0 Å². The molecule has 2 heterocycles. The third-order valence-corrected chi connectivity index (χ3v) is 3.60. The molecule has 0 saturated carbocycles. The summed E-state index contributed by atoms with van der Waals surface area (Å²) in [5.41, 5.74) is 0. The highest BCUT2D eigenvalue weighted by atomic mass is 16.4. The van der Waals surface area contributed by atoms with Gasteiger partial charge in [-0.25, -0.2) is 0 Å². The van der Waals surface area contributed by atoms with Gasteiger partial charge in [0.25, 0.3) is 0 Å². The van der Waals surface area contributed by atoms with Crippen LogP contribution in [0.3, 0.4) is 0 Å². The fourth-order valence-corrected chi connectivity index (χ4v) is 2.76. The summed E-state index contributed by atoms with van der Waals surface area (Å²) < 4.78 is 0. The largest absolute Gasteiger partial charge is 0.480 e. The molecule has 0 amide bonds. The molecule has 2 aliphatic heterocycles. The zero-order valence-corrected chi connectivity index (χ0v) is 9.21. The smallest absolute Gasteiger partial charge is 0.320 e. The Labute approximate surface area is 94.2 Å². The molecule has 2 fully saturated rings. The highest BCUT2D eigenvalue weighted by Crippen LogP contribution is 2.26. The van der Waals surface area contributed by atoms with Gasteiger partial charge in [0.2, 0.25) is 0 Å². The fraction of sp³-hybridized carbons (Fsp3) is 0.900.